The highest BCUT2D eigenvalue weighted by Gasteiger charge is 2.26. The zero-order valence-electron chi connectivity index (χ0n) is 23.8. The summed E-state index contributed by atoms with van der Waals surface area (Å²) in [4.78, 5) is 24.6. The Hall–Kier alpha value is -2.53. The van der Waals surface area contributed by atoms with E-state index in [2.05, 4.69) is 36.8 Å². The summed E-state index contributed by atoms with van der Waals surface area (Å²) in [7, 11) is 0. The van der Waals surface area contributed by atoms with Gasteiger partial charge in [0.05, 0.1) is 17.8 Å². The maximum atomic E-state index is 12.2. The molecule has 0 radical (unpaired) electrons. The Morgan fingerprint density at radius 2 is 1.76 bits per heavy atom. The number of alkyl halides is 2. The van der Waals surface area contributed by atoms with E-state index in [4.69, 9.17) is 33.2 Å². The molecular weight excluding hydrogens is 561 g/mol. The fourth-order valence-corrected chi connectivity index (χ4v) is 6.01. The van der Waals surface area contributed by atoms with Crippen molar-refractivity contribution in [3.05, 3.63) is 36.2 Å². The molecule has 2 aromatic heterocycles. The molecule has 0 spiro atoms. The molecule has 10 nitrogen and oxygen atoms in total. The van der Waals surface area contributed by atoms with Gasteiger partial charge in [0.1, 0.15) is 5.82 Å². The highest BCUT2D eigenvalue weighted by molar-refractivity contribution is 6.53. The van der Waals surface area contributed by atoms with Crippen LogP contribution in [0.1, 0.15) is 50.6 Å². The number of para-hydroxylation sites is 1. The number of anilines is 2. The highest BCUT2D eigenvalue weighted by atomic mass is 35.5. The lowest BCUT2D eigenvalue weighted by Crippen LogP contribution is -2.50. The molecule has 12 heteroatoms. The van der Waals surface area contributed by atoms with Gasteiger partial charge in [0, 0.05) is 50.3 Å². The monoisotopic (exact) mass is 603 g/mol. The van der Waals surface area contributed by atoms with Crippen LogP contribution in [0.3, 0.4) is 0 Å². The van der Waals surface area contributed by atoms with E-state index >= 15 is 0 Å². The Labute approximate surface area is 252 Å². The number of H-pyrrole nitrogens is 1. The van der Waals surface area contributed by atoms with Gasteiger partial charge in [-0.15, -0.1) is 0 Å². The average Bonchev–Trinajstić information content (AvgIpc) is 2.98. The van der Waals surface area contributed by atoms with Crippen LogP contribution in [-0.2, 0) is 17.9 Å². The second kappa shape index (κ2) is 15.1. The van der Waals surface area contributed by atoms with Crippen molar-refractivity contribution in [2.24, 2.45) is 0 Å². The number of hydrogen-bond acceptors (Lipinski definition) is 7. The second-order valence-electron chi connectivity index (χ2n) is 11.1. The molecule has 3 aromatic rings. The molecule has 1 aliphatic heterocycles. The molecular formula is C29H43Cl2N9O. The number of fused-ring (bicyclic) bond motifs is 1. The van der Waals surface area contributed by atoms with Gasteiger partial charge in [-0.05, 0) is 57.5 Å². The molecule has 2 fully saturated rings. The quantitative estimate of drug-likeness (QED) is 0.162. The molecule has 1 saturated carbocycles. The number of rotatable bonds is 14. The van der Waals surface area contributed by atoms with E-state index in [1.807, 2.05) is 24.3 Å². The summed E-state index contributed by atoms with van der Waals surface area (Å²) in [6.45, 7) is 7.21. The lowest BCUT2D eigenvalue weighted by atomic mass is 9.95. The Kier molecular flexibility index (Phi) is 11.0. The molecule has 5 rings (SSSR count). The number of nitrogens with one attached hydrogen (secondary N) is 4. The van der Waals surface area contributed by atoms with Gasteiger partial charge in [-0.1, -0.05) is 54.6 Å². The van der Waals surface area contributed by atoms with E-state index in [1.165, 1.54) is 38.5 Å². The molecule has 224 valence electrons. The molecule has 0 atom stereocenters. The van der Waals surface area contributed by atoms with Gasteiger partial charge < -0.3 is 25.8 Å². The highest BCUT2D eigenvalue weighted by Crippen LogP contribution is 2.27. The van der Waals surface area contributed by atoms with Crippen LogP contribution >= 0.6 is 23.2 Å². The fraction of sp³-hybridized carbons (Fsp3) is 0.621. The first kappa shape index (κ1) is 29.9. The summed E-state index contributed by atoms with van der Waals surface area (Å²) in [5.41, 5.74) is 1.99. The van der Waals surface area contributed by atoms with Gasteiger partial charge in [0.15, 0.2) is 4.84 Å². The Balaban J connectivity index is 1.03. The summed E-state index contributed by atoms with van der Waals surface area (Å²) >= 11 is 11.6. The smallest absolute Gasteiger partial charge is 0.255 e. The third kappa shape index (κ3) is 8.50. The third-order valence-corrected chi connectivity index (χ3v) is 8.39. The number of aryl methyl sites for hydroxylation is 1. The zero-order chi connectivity index (χ0) is 28.4. The van der Waals surface area contributed by atoms with E-state index in [0.717, 1.165) is 61.1 Å². The molecule has 1 amide bonds. The lowest BCUT2D eigenvalue weighted by molar-refractivity contribution is -0.129. The van der Waals surface area contributed by atoms with Crippen LogP contribution in [0.25, 0.3) is 10.9 Å². The van der Waals surface area contributed by atoms with Crippen molar-refractivity contribution >= 4 is 51.8 Å². The third-order valence-electron chi connectivity index (χ3n) is 8.02. The van der Waals surface area contributed by atoms with Crippen molar-refractivity contribution in [3.63, 3.8) is 0 Å². The van der Waals surface area contributed by atoms with Crippen molar-refractivity contribution in [2.45, 2.75) is 68.9 Å². The van der Waals surface area contributed by atoms with Gasteiger partial charge in [-0.2, -0.15) is 4.98 Å². The number of carbonyl (C=O) groups is 1. The maximum absolute atomic E-state index is 12.2. The first-order valence-corrected chi connectivity index (χ1v) is 15.9. The average molecular weight is 605 g/mol. The van der Waals surface area contributed by atoms with Crippen molar-refractivity contribution in [3.8, 4) is 0 Å². The van der Waals surface area contributed by atoms with Crippen LogP contribution in [-0.4, -0.2) is 87.2 Å². The van der Waals surface area contributed by atoms with Crippen LogP contribution in [0.15, 0.2) is 30.5 Å². The number of amides is 1. The van der Waals surface area contributed by atoms with Gasteiger partial charge in [-0.25, -0.2) is 4.98 Å². The molecule has 2 aliphatic rings. The van der Waals surface area contributed by atoms with E-state index in [1.54, 1.807) is 4.90 Å². The van der Waals surface area contributed by atoms with Crippen LogP contribution in [0.2, 0.25) is 0 Å². The maximum Gasteiger partial charge on any atom is 0.255 e. The summed E-state index contributed by atoms with van der Waals surface area (Å²) in [6.07, 6.45) is 11.3. The Morgan fingerprint density at radius 3 is 2.54 bits per heavy atom. The predicted molar refractivity (Wildman–Crippen MR) is 167 cm³/mol. The Bertz CT molecular complexity index is 1220. The van der Waals surface area contributed by atoms with Crippen molar-refractivity contribution in [2.75, 3.05) is 56.0 Å². The van der Waals surface area contributed by atoms with Gasteiger partial charge in [0.2, 0.25) is 5.95 Å². The minimum Gasteiger partial charge on any atom is -0.352 e. The van der Waals surface area contributed by atoms with Crippen molar-refractivity contribution in [1.82, 2.24) is 35.3 Å². The lowest BCUT2D eigenvalue weighted by Gasteiger charge is -2.36. The van der Waals surface area contributed by atoms with E-state index in [0.29, 0.717) is 38.7 Å². The minimum absolute atomic E-state index is 0.243. The molecule has 4 N–H and O–H groups in total. The SMILES string of the molecule is O=C(C(Cl)Cl)N1CCN(c2nc(NCc3cn(CCCNCCCNC4CCCCC4)[nH]3)nc3ccccc23)CC1. The molecule has 0 bridgehead atoms. The molecule has 1 aromatic carbocycles. The number of piperazine rings is 1. The summed E-state index contributed by atoms with van der Waals surface area (Å²) in [6, 6.07) is 8.77. The van der Waals surface area contributed by atoms with Crippen LogP contribution in [0.5, 0.6) is 0 Å². The Morgan fingerprint density at radius 1 is 1.00 bits per heavy atom. The topological polar surface area (TPSA) is 106 Å². The van der Waals surface area contributed by atoms with Crippen molar-refractivity contribution < 1.29 is 4.79 Å². The van der Waals surface area contributed by atoms with Crippen LogP contribution in [0, 0.1) is 0 Å². The fourth-order valence-electron chi connectivity index (χ4n) is 5.73. The van der Waals surface area contributed by atoms with Crippen molar-refractivity contribution in [1.29, 1.82) is 0 Å². The molecule has 0 unspecified atom stereocenters. The first-order chi connectivity index (χ1) is 20.1. The number of aromatic nitrogens is 4. The largest absolute Gasteiger partial charge is 0.352 e. The number of nitrogens with zero attached hydrogens (tertiary/aromatic N) is 5. The standard InChI is InChI=1S/C29H43Cl2N9O/c30-26(31)28(41)39-18-16-38(17-19-39)27-24-10-4-5-11-25(24)35-29(36-27)34-20-23-21-40(37-23)15-7-13-32-12-6-14-33-22-8-2-1-3-9-22/h4-5,10-11,21-22,26,32-33,37H,1-3,6-9,12-20H2,(H,34,35,36). The number of aromatic amines is 1. The van der Waals surface area contributed by atoms with E-state index in [9.17, 15) is 4.79 Å². The minimum atomic E-state index is -1.03. The molecule has 3 heterocycles. The molecule has 41 heavy (non-hydrogen) atoms. The number of halogens is 2. The van der Waals surface area contributed by atoms with E-state index < -0.39 is 4.84 Å². The molecule has 1 aliphatic carbocycles. The number of carbonyl (C=O) groups excluding carboxylic acids is 1. The van der Waals surface area contributed by atoms with Crippen LogP contribution < -0.4 is 20.9 Å². The number of hydrogen-bond donors (Lipinski definition) is 4. The van der Waals surface area contributed by atoms with Crippen LogP contribution in [0.4, 0.5) is 11.8 Å². The summed E-state index contributed by atoms with van der Waals surface area (Å²) in [5.74, 6) is 1.21. The summed E-state index contributed by atoms with van der Waals surface area (Å²) < 4.78 is 2.13. The zero-order valence-corrected chi connectivity index (χ0v) is 25.3. The second-order valence-corrected chi connectivity index (χ2v) is 12.2. The first-order valence-electron chi connectivity index (χ1n) is 15.1. The summed E-state index contributed by atoms with van der Waals surface area (Å²) in [5, 5.41) is 15.1. The van der Waals surface area contributed by atoms with Gasteiger partial charge >= 0.3 is 0 Å². The van der Waals surface area contributed by atoms with E-state index in [-0.39, 0.29) is 5.91 Å². The van der Waals surface area contributed by atoms with Gasteiger partial charge in [0.25, 0.3) is 5.91 Å². The van der Waals surface area contributed by atoms with Gasteiger partial charge in [-0.3, -0.25) is 14.6 Å². The predicted octanol–water partition coefficient (Wildman–Crippen LogP) is 4.12. The number of benzene rings is 1. The molecule has 1 saturated heterocycles. The normalized spacial score (nSPS) is 16.7.